The van der Waals surface area contributed by atoms with Crippen LogP contribution in [0.5, 0.6) is 5.75 Å². The molecule has 1 aromatic heterocycles. The Morgan fingerprint density at radius 1 is 1.09 bits per heavy atom. The van der Waals surface area contributed by atoms with Crippen LogP contribution in [-0.2, 0) is 12.4 Å². The maximum Gasteiger partial charge on any atom is 0.319 e. The van der Waals surface area contributed by atoms with E-state index in [1.807, 2.05) is 61.8 Å². The predicted molar refractivity (Wildman–Crippen MR) is 135 cm³/mol. The van der Waals surface area contributed by atoms with E-state index in [9.17, 15) is 4.79 Å². The molecule has 0 radical (unpaired) electrons. The van der Waals surface area contributed by atoms with Crippen LogP contribution in [0.3, 0.4) is 0 Å². The standard InChI is InChI=1S/C26H33ClN4O2/c1-3-4-8-15-28-26(32)30-24-20(2)11-9-14-23(24)33-17-10-16-31-19-29-25(22(31)18-27)21-12-6-5-7-13-21/h5-7,9,11-14,19H,3-4,8,10,15-18H2,1-2H3,(H2,28,30,32). The number of ether oxygens (including phenoxy) is 1. The third-order valence-electron chi connectivity index (χ3n) is 5.46. The first kappa shape index (κ1) is 24.6. The fourth-order valence-corrected chi connectivity index (χ4v) is 3.93. The number of para-hydroxylation sites is 1. The molecule has 0 fully saturated rings. The summed E-state index contributed by atoms with van der Waals surface area (Å²) in [6.45, 7) is 6.02. The summed E-state index contributed by atoms with van der Waals surface area (Å²) in [6, 6.07) is 15.6. The highest BCUT2D eigenvalue weighted by Gasteiger charge is 2.13. The number of urea groups is 1. The molecule has 176 valence electrons. The van der Waals surface area contributed by atoms with Gasteiger partial charge in [-0.3, -0.25) is 0 Å². The van der Waals surface area contributed by atoms with Gasteiger partial charge in [0.2, 0.25) is 0 Å². The summed E-state index contributed by atoms with van der Waals surface area (Å²) in [4.78, 5) is 16.9. The Bertz CT molecular complexity index is 1020. The van der Waals surface area contributed by atoms with E-state index in [2.05, 4.69) is 27.1 Å². The van der Waals surface area contributed by atoms with Crippen molar-refractivity contribution in [1.82, 2.24) is 14.9 Å². The molecule has 0 aliphatic heterocycles. The third-order valence-corrected chi connectivity index (χ3v) is 5.71. The summed E-state index contributed by atoms with van der Waals surface area (Å²) < 4.78 is 8.12. The highest BCUT2D eigenvalue weighted by Crippen LogP contribution is 2.28. The van der Waals surface area contributed by atoms with Crippen LogP contribution in [-0.4, -0.2) is 28.7 Å². The number of alkyl halides is 1. The number of rotatable bonds is 12. The molecule has 0 unspecified atom stereocenters. The Balaban J connectivity index is 1.56. The van der Waals surface area contributed by atoms with Gasteiger partial charge in [-0.05, 0) is 31.4 Å². The monoisotopic (exact) mass is 468 g/mol. The third kappa shape index (κ3) is 6.99. The van der Waals surface area contributed by atoms with E-state index in [1.165, 1.54) is 0 Å². The molecule has 33 heavy (non-hydrogen) atoms. The second-order valence-electron chi connectivity index (χ2n) is 7.97. The van der Waals surface area contributed by atoms with Crippen molar-refractivity contribution in [3.8, 4) is 17.0 Å². The lowest BCUT2D eigenvalue weighted by molar-refractivity contribution is 0.251. The fraction of sp³-hybridized carbons (Fsp3) is 0.385. The maximum atomic E-state index is 12.3. The minimum Gasteiger partial charge on any atom is -0.491 e. The lowest BCUT2D eigenvalue weighted by atomic mass is 10.1. The van der Waals surface area contributed by atoms with E-state index in [1.54, 1.807) is 0 Å². The summed E-state index contributed by atoms with van der Waals surface area (Å²) in [6.07, 6.45) is 5.82. The van der Waals surface area contributed by atoms with E-state index in [-0.39, 0.29) is 6.03 Å². The van der Waals surface area contributed by atoms with Crippen molar-refractivity contribution >= 4 is 23.3 Å². The van der Waals surface area contributed by atoms with Crippen LogP contribution < -0.4 is 15.4 Å². The first-order valence-electron chi connectivity index (χ1n) is 11.6. The van der Waals surface area contributed by atoms with Gasteiger partial charge in [0.25, 0.3) is 0 Å². The highest BCUT2D eigenvalue weighted by molar-refractivity contribution is 6.17. The van der Waals surface area contributed by atoms with E-state index < -0.39 is 0 Å². The molecule has 0 saturated carbocycles. The number of unbranched alkanes of at least 4 members (excludes halogenated alkanes) is 2. The molecular formula is C26H33ClN4O2. The number of hydrogen-bond donors (Lipinski definition) is 2. The number of nitrogens with one attached hydrogen (secondary N) is 2. The number of hydrogen-bond acceptors (Lipinski definition) is 3. The molecule has 0 atom stereocenters. The molecule has 2 aromatic carbocycles. The van der Waals surface area contributed by atoms with Crippen molar-refractivity contribution in [2.24, 2.45) is 0 Å². The average molecular weight is 469 g/mol. The van der Waals surface area contributed by atoms with Crippen molar-refractivity contribution in [3.05, 3.63) is 66.1 Å². The number of halogens is 1. The number of aromatic nitrogens is 2. The normalized spacial score (nSPS) is 10.8. The smallest absolute Gasteiger partial charge is 0.319 e. The Morgan fingerprint density at radius 3 is 2.67 bits per heavy atom. The number of imidazole rings is 1. The molecule has 2 amide bonds. The molecule has 0 spiro atoms. The molecule has 3 rings (SSSR count). The minimum atomic E-state index is -0.205. The van der Waals surface area contributed by atoms with Crippen molar-refractivity contribution in [3.63, 3.8) is 0 Å². The summed E-state index contributed by atoms with van der Waals surface area (Å²) in [7, 11) is 0. The molecular weight excluding hydrogens is 436 g/mol. The molecule has 1 heterocycles. The lowest BCUT2D eigenvalue weighted by Gasteiger charge is -2.16. The van der Waals surface area contributed by atoms with Crippen LogP contribution >= 0.6 is 11.6 Å². The topological polar surface area (TPSA) is 68.2 Å². The Kier molecular flexibility index (Phi) is 9.63. The number of carbonyl (C=O) groups is 1. The number of nitrogens with zero attached hydrogens (tertiary/aromatic N) is 2. The van der Waals surface area contributed by atoms with Crippen LogP contribution in [0.25, 0.3) is 11.3 Å². The predicted octanol–water partition coefficient (Wildman–Crippen LogP) is 6.38. The van der Waals surface area contributed by atoms with Crippen LogP contribution in [0.1, 0.15) is 43.9 Å². The first-order chi connectivity index (χ1) is 16.1. The molecule has 0 bridgehead atoms. The van der Waals surface area contributed by atoms with E-state index in [4.69, 9.17) is 16.3 Å². The van der Waals surface area contributed by atoms with Gasteiger partial charge in [-0.1, -0.05) is 62.2 Å². The second kappa shape index (κ2) is 12.9. The van der Waals surface area contributed by atoms with Gasteiger partial charge in [-0.15, -0.1) is 11.6 Å². The maximum absolute atomic E-state index is 12.3. The van der Waals surface area contributed by atoms with E-state index in [0.717, 1.165) is 54.7 Å². The number of aryl methyl sites for hydroxylation is 2. The molecule has 6 nitrogen and oxygen atoms in total. The van der Waals surface area contributed by atoms with Crippen molar-refractivity contribution in [1.29, 1.82) is 0 Å². The average Bonchev–Trinajstić information content (AvgIpc) is 3.25. The van der Waals surface area contributed by atoms with Gasteiger partial charge in [0.15, 0.2) is 0 Å². The number of benzene rings is 2. The van der Waals surface area contributed by atoms with Crippen LogP contribution in [0.2, 0.25) is 0 Å². The van der Waals surface area contributed by atoms with Crippen LogP contribution in [0.15, 0.2) is 54.9 Å². The van der Waals surface area contributed by atoms with Gasteiger partial charge in [0.05, 0.1) is 35.9 Å². The molecule has 2 N–H and O–H groups in total. The summed E-state index contributed by atoms with van der Waals surface area (Å²) in [5.41, 5.74) is 4.65. The molecule has 7 heteroatoms. The SMILES string of the molecule is CCCCCNC(=O)Nc1c(C)cccc1OCCCn1cnc(-c2ccccc2)c1CCl. The Morgan fingerprint density at radius 2 is 1.91 bits per heavy atom. The van der Waals surface area contributed by atoms with Gasteiger partial charge in [0.1, 0.15) is 5.75 Å². The zero-order valence-corrected chi connectivity index (χ0v) is 20.2. The highest BCUT2D eigenvalue weighted by atomic mass is 35.5. The van der Waals surface area contributed by atoms with Gasteiger partial charge < -0.3 is 19.9 Å². The molecule has 0 saturated heterocycles. The minimum absolute atomic E-state index is 0.205. The largest absolute Gasteiger partial charge is 0.491 e. The van der Waals surface area contributed by atoms with Gasteiger partial charge in [-0.25, -0.2) is 9.78 Å². The van der Waals surface area contributed by atoms with Gasteiger partial charge in [0, 0.05) is 18.7 Å². The molecule has 0 aliphatic carbocycles. The van der Waals surface area contributed by atoms with Crippen LogP contribution in [0.4, 0.5) is 10.5 Å². The zero-order chi connectivity index (χ0) is 23.5. The quantitative estimate of drug-likeness (QED) is 0.239. The van der Waals surface area contributed by atoms with Gasteiger partial charge >= 0.3 is 6.03 Å². The zero-order valence-electron chi connectivity index (χ0n) is 19.4. The van der Waals surface area contributed by atoms with E-state index >= 15 is 0 Å². The van der Waals surface area contributed by atoms with E-state index in [0.29, 0.717) is 30.5 Å². The second-order valence-corrected chi connectivity index (χ2v) is 8.24. The Hall–Kier alpha value is -2.99. The fourth-order valence-electron chi connectivity index (χ4n) is 3.65. The lowest BCUT2D eigenvalue weighted by Crippen LogP contribution is -2.30. The summed E-state index contributed by atoms with van der Waals surface area (Å²) in [5, 5.41) is 5.86. The Labute approximate surface area is 201 Å². The molecule has 0 aliphatic rings. The van der Waals surface area contributed by atoms with Crippen molar-refractivity contribution in [2.45, 2.75) is 52.0 Å². The number of amides is 2. The number of carbonyl (C=O) groups excluding carboxylic acids is 1. The van der Waals surface area contributed by atoms with Crippen molar-refractivity contribution < 1.29 is 9.53 Å². The van der Waals surface area contributed by atoms with Crippen LogP contribution in [0, 0.1) is 6.92 Å². The summed E-state index contributed by atoms with van der Waals surface area (Å²) in [5.74, 6) is 1.07. The number of anilines is 1. The molecule has 3 aromatic rings. The van der Waals surface area contributed by atoms with Crippen molar-refractivity contribution in [2.75, 3.05) is 18.5 Å². The van der Waals surface area contributed by atoms with Gasteiger partial charge in [-0.2, -0.15) is 0 Å². The first-order valence-corrected chi connectivity index (χ1v) is 12.1. The summed E-state index contributed by atoms with van der Waals surface area (Å²) >= 11 is 6.24.